The van der Waals surface area contributed by atoms with Crippen LogP contribution in [0, 0.1) is 11.8 Å². The number of carbonyl (C=O) groups is 1. The second-order valence-corrected chi connectivity index (χ2v) is 5.80. The van der Waals surface area contributed by atoms with E-state index < -0.39 is 0 Å². The zero-order valence-electron chi connectivity index (χ0n) is 10.5. The zero-order valence-corrected chi connectivity index (χ0v) is 10.5. The van der Waals surface area contributed by atoms with Gasteiger partial charge < -0.3 is 4.74 Å². The topological polar surface area (TPSA) is 29.5 Å². The molecule has 1 aliphatic rings. The van der Waals surface area contributed by atoms with Crippen LogP contribution in [0.4, 0.5) is 0 Å². The van der Waals surface area contributed by atoms with Crippen LogP contribution in [0.5, 0.6) is 0 Å². The molecular formula is C12H23NO2. The highest BCUT2D eigenvalue weighted by molar-refractivity contribution is 5.74. The van der Waals surface area contributed by atoms with Gasteiger partial charge in [0.05, 0.1) is 12.5 Å². The fourth-order valence-corrected chi connectivity index (χ4v) is 1.54. The van der Waals surface area contributed by atoms with E-state index in [1.165, 1.54) is 0 Å². The normalized spacial score (nSPS) is 19.1. The van der Waals surface area contributed by atoms with Crippen molar-refractivity contribution in [2.75, 3.05) is 19.7 Å². The molecule has 0 atom stereocenters. The first-order valence-electron chi connectivity index (χ1n) is 5.72. The van der Waals surface area contributed by atoms with Crippen LogP contribution in [-0.4, -0.2) is 36.1 Å². The molecule has 0 aromatic rings. The van der Waals surface area contributed by atoms with Crippen LogP contribution >= 0.6 is 0 Å². The van der Waals surface area contributed by atoms with E-state index in [-0.39, 0.29) is 17.4 Å². The van der Waals surface area contributed by atoms with Crippen molar-refractivity contribution in [2.45, 2.75) is 40.2 Å². The number of nitrogens with zero attached hydrogens (tertiary/aromatic N) is 1. The lowest BCUT2D eigenvalue weighted by Gasteiger charge is -2.46. The van der Waals surface area contributed by atoms with Crippen LogP contribution in [0.1, 0.15) is 34.6 Å². The Morgan fingerprint density at radius 2 is 1.93 bits per heavy atom. The summed E-state index contributed by atoms with van der Waals surface area (Å²) in [6.45, 7) is 12.9. The molecule has 15 heavy (non-hydrogen) atoms. The molecule has 0 bridgehead atoms. The predicted octanol–water partition coefficient (Wildman–Crippen LogP) is 1.92. The molecule has 1 heterocycles. The summed E-state index contributed by atoms with van der Waals surface area (Å²) in [6, 6.07) is 0. The lowest BCUT2D eigenvalue weighted by Crippen LogP contribution is -2.58. The predicted molar refractivity (Wildman–Crippen MR) is 60.6 cm³/mol. The second kappa shape index (κ2) is 4.52. The van der Waals surface area contributed by atoms with Crippen molar-refractivity contribution in [1.29, 1.82) is 0 Å². The van der Waals surface area contributed by atoms with E-state index >= 15 is 0 Å². The average molecular weight is 213 g/mol. The number of esters is 1. The minimum Gasteiger partial charge on any atom is -0.465 e. The molecule has 0 unspecified atom stereocenters. The molecule has 1 rings (SSSR count). The molecule has 0 aromatic carbocycles. The molecule has 0 aliphatic carbocycles. The van der Waals surface area contributed by atoms with Crippen LogP contribution in [0.25, 0.3) is 0 Å². The van der Waals surface area contributed by atoms with E-state index in [4.69, 9.17) is 4.74 Å². The van der Waals surface area contributed by atoms with Gasteiger partial charge in [0.25, 0.3) is 0 Å². The van der Waals surface area contributed by atoms with Crippen molar-refractivity contribution in [3.8, 4) is 0 Å². The SMILES string of the molecule is CC(C)COC(=O)C1CN(C(C)(C)C)C1. The Bertz CT molecular complexity index is 224. The van der Waals surface area contributed by atoms with Crippen molar-refractivity contribution in [3.05, 3.63) is 0 Å². The summed E-state index contributed by atoms with van der Waals surface area (Å²) in [5, 5.41) is 0. The van der Waals surface area contributed by atoms with Gasteiger partial charge in [0.1, 0.15) is 0 Å². The summed E-state index contributed by atoms with van der Waals surface area (Å²) in [4.78, 5) is 13.9. The van der Waals surface area contributed by atoms with Gasteiger partial charge in [-0.25, -0.2) is 0 Å². The summed E-state index contributed by atoms with van der Waals surface area (Å²) < 4.78 is 5.20. The number of carbonyl (C=O) groups excluding carboxylic acids is 1. The summed E-state index contributed by atoms with van der Waals surface area (Å²) in [6.07, 6.45) is 0. The van der Waals surface area contributed by atoms with Crippen molar-refractivity contribution in [3.63, 3.8) is 0 Å². The number of hydrogen-bond acceptors (Lipinski definition) is 3. The maximum absolute atomic E-state index is 11.6. The smallest absolute Gasteiger partial charge is 0.311 e. The highest BCUT2D eigenvalue weighted by atomic mass is 16.5. The van der Waals surface area contributed by atoms with Gasteiger partial charge in [-0.05, 0) is 26.7 Å². The zero-order chi connectivity index (χ0) is 11.6. The number of likely N-dealkylation sites (tertiary alicyclic amines) is 1. The summed E-state index contributed by atoms with van der Waals surface area (Å²) in [7, 11) is 0. The molecule has 1 aliphatic heterocycles. The number of ether oxygens (including phenoxy) is 1. The van der Waals surface area contributed by atoms with Crippen LogP contribution in [0.3, 0.4) is 0 Å². The Balaban J connectivity index is 2.24. The molecule has 1 saturated heterocycles. The minimum absolute atomic E-state index is 0.0239. The minimum atomic E-state index is -0.0239. The standard InChI is InChI=1S/C12H23NO2/c1-9(2)8-15-11(14)10-6-13(7-10)12(3,4)5/h9-10H,6-8H2,1-5H3. The third kappa shape index (κ3) is 3.49. The van der Waals surface area contributed by atoms with Crippen molar-refractivity contribution < 1.29 is 9.53 Å². The van der Waals surface area contributed by atoms with Gasteiger partial charge in [-0.2, -0.15) is 0 Å². The van der Waals surface area contributed by atoms with Crippen LogP contribution < -0.4 is 0 Å². The summed E-state index contributed by atoms with van der Waals surface area (Å²) >= 11 is 0. The highest BCUT2D eigenvalue weighted by Crippen LogP contribution is 2.26. The molecule has 88 valence electrons. The third-order valence-electron chi connectivity index (χ3n) is 2.72. The maximum atomic E-state index is 11.6. The number of rotatable bonds is 3. The van der Waals surface area contributed by atoms with Crippen molar-refractivity contribution >= 4 is 5.97 Å². The largest absolute Gasteiger partial charge is 0.465 e. The fraction of sp³-hybridized carbons (Fsp3) is 0.917. The van der Waals surface area contributed by atoms with Gasteiger partial charge >= 0.3 is 5.97 Å². The molecule has 0 aromatic heterocycles. The molecule has 0 amide bonds. The molecule has 0 radical (unpaired) electrons. The summed E-state index contributed by atoms with van der Waals surface area (Å²) in [5.41, 5.74) is 0.175. The van der Waals surface area contributed by atoms with Gasteiger partial charge in [0.15, 0.2) is 0 Å². The van der Waals surface area contributed by atoms with Crippen LogP contribution in [0.15, 0.2) is 0 Å². The Morgan fingerprint density at radius 1 is 1.40 bits per heavy atom. The molecule has 3 heteroatoms. The van der Waals surface area contributed by atoms with Crippen molar-refractivity contribution in [1.82, 2.24) is 4.90 Å². The summed E-state index contributed by atoms with van der Waals surface area (Å²) in [5.74, 6) is 0.500. The Morgan fingerprint density at radius 3 is 2.33 bits per heavy atom. The molecule has 1 fully saturated rings. The molecule has 0 saturated carbocycles. The van der Waals surface area contributed by atoms with Gasteiger partial charge in [-0.15, -0.1) is 0 Å². The second-order valence-electron chi connectivity index (χ2n) is 5.80. The first-order chi connectivity index (χ1) is 6.80. The maximum Gasteiger partial charge on any atom is 0.311 e. The Labute approximate surface area is 92.8 Å². The molecule has 0 spiro atoms. The van der Waals surface area contributed by atoms with E-state index in [9.17, 15) is 4.79 Å². The van der Waals surface area contributed by atoms with E-state index in [0.717, 1.165) is 13.1 Å². The van der Waals surface area contributed by atoms with E-state index in [1.807, 2.05) is 0 Å². The lowest BCUT2D eigenvalue weighted by molar-refractivity contribution is -0.158. The van der Waals surface area contributed by atoms with Crippen LogP contribution in [-0.2, 0) is 9.53 Å². The van der Waals surface area contributed by atoms with Gasteiger partial charge in [0.2, 0.25) is 0 Å². The average Bonchev–Trinajstić information content (AvgIpc) is 1.94. The quantitative estimate of drug-likeness (QED) is 0.671. The molecular weight excluding hydrogens is 190 g/mol. The first-order valence-corrected chi connectivity index (χ1v) is 5.72. The van der Waals surface area contributed by atoms with Gasteiger partial charge in [-0.1, -0.05) is 13.8 Å². The third-order valence-corrected chi connectivity index (χ3v) is 2.72. The van der Waals surface area contributed by atoms with E-state index in [1.54, 1.807) is 0 Å². The molecule has 3 nitrogen and oxygen atoms in total. The van der Waals surface area contributed by atoms with E-state index in [2.05, 4.69) is 39.5 Å². The lowest BCUT2D eigenvalue weighted by atomic mass is 9.92. The van der Waals surface area contributed by atoms with Gasteiger partial charge in [-0.3, -0.25) is 9.69 Å². The van der Waals surface area contributed by atoms with Crippen LogP contribution in [0.2, 0.25) is 0 Å². The van der Waals surface area contributed by atoms with Crippen molar-refractivity contribution in [2.24, 2.45) is 11.8 Å². The first kappa shape index (κ1) is 12.5. The fourth-order valence-electron chi connectivity index (χ4n) is 1.54. The Kier molecular flexibility index (Phi) is 3.77. The monoisotopic (exact) mass is 213 g/mol. The molecule has 0 N–H and O–H groups in total. The van der Waals surface area contributed by atoms with E-state index in [0.29, 0.717) is 12.5 Å². The van der Waals surface area contributed by atoms with Gasteiger partial charge in [0, 0.05) is 18.6 Å². The highest BCUT2D eigenvalue weighted by Gasteiger charge is 2.39. The Hall–Kier alpha value is -0.570. The number of hydrogen-bond donors (Lipinski definition) is 0.